The Morgan fingerprint density at radius 3 is 2.56 bits per heavy atom. The van der Waals surface area contributed by atoms with E-state index in [1.54, 1.807) is 0 Å². The molecule has 0 aromatic heterocycles. The molecule has 2 nitrogen and oxygen atoms in total. The molecule has 0 amide bonds. The largest absolute Gasteiger partial charge is 0.396 e. The molecule has 0 bridgehead atoms. The van der Waals surface area contributed by atoms with E-state index in [1.165, 1.54) is 19.3 Å². The molecule has 1 aliphatic rings. The Morgan fingerprint density at radius 1 is 1.17 bits per heavy atom. The Kier molecular flexibility index (Phi) is 5.04. The highest BCUT2D eigenvalue weighted by Crippen LogP contribution is 2.35. The lowest BCUT2D eigenvalue weighted by atomic mass is 9.74. The van der Waals surface area contributed by atoms with Gasteiger partial charge < -0.3 is 10.4 Å². The van der Waals surface area contributed by atoms with Crippen LogP contribution in [-0.4, -0.2) is 18.3 Å². The van der Waals surface area contributed by atoms with Gasteiger partial charge in [-0.05, 0) is 24.5 Å². The average molecular weight is 268 g/mol. The molecule has 1 aliphatic carbocycles. The molecule has 0 unspecified atom stereocenters. The van der Waals surface area contributed by atoms with Gasteiger partial charge in [-0.1, -0.05) is 49.1 Å². The Bertz CT molecular complexity index is 375. The summed E-state index contributed by atoms with van der Waals surface area (Å²) in [5.41, 5.74) is 1.22. The molecule has 2 N–H and O–H groups in total. The standard InChI is InChI=1S/C15H22ClNO/c16-14-7-3-2-6-13(14)10-17-11-15(12-18)8-4-1-5-9-15/h2-3,6-7,17-18H,1,4-5,8-12H2. The Hall–Kier alpha value is -0.570. The van der Waals surface area contributed by atoms with Gasteiger partial charge in [-0.25, -0.2) is 0 Å². The summed E-state index contributed by atoms with van der Waals surface area (Å²) in [6.07, 6.45) is 6.08. The van der Waals surface area contributed by atoms with Crippen LogP contribution < -0.4 is 5.32 Å². The SMILES string of the molecule is OCC1(CNCc2ccccc2Cl)CCCCC1. The van der Waals surface area contributed by atoms with Crippen molar-refractivity contribution in [3.63, 3.8) is 0 Å². The highest BCUT2D eigenvalue weighted by atomic mass is 35.5. The van der Waals surface area contributed by atoms with Crippen LogP contribution in [0.5, 0.6) is 0 Å². The van der Waals surface area contributed by atoms with Crippen LogP contribution in [0.2, 0.25) is 5.02 Å². The number of aliphatic hydroxyl groups is 1. The maximum absolute atomic E-state index is 9.63. The minimum Gasteiger partial charge on any atom is -0.396 e. The van der Waals surface area contributed by atoms with Gasteiger partial charge in [-0.3, -0.25) is 0 Å². The van der Waals surface area contributed by atoms with Crippen LogP contribution in [-0.2, 0) is 6.54 Å². The number of halogens is 1. The summed E-state index contributed by atoms with van der Waals surface area (Å²) in [4.78, 5) is 0. The van der Waals surface area contributed by atoms with E-state index in [1.807, 2.05) is 24.3 Å². The molecule has 0 atom stereocenters. The molecule has 3 heteroatoms. The van der Waals surface area contributed by atoms with E-state index in [0.717, 1.165) is 36.5 Å². The summed E-state index contributed by atoms with van der Waals surface area (Å²) in [6.45, 7) is 1.96. The lowest BCUT2D eigenvalue weighted by Crippen LogP contribution is -2.38. The number of benzene rings is 1. The molecular formula is C15H22ClNO. The summed E-state index contributed by atoms with van der Waals surface area (Å²) in [7, 11) is 0. The monoisotopic (exact) mass is 267 g/mol. The summed E-state index contributed by atoms with van der Waals surface area (Å²) < 4.78 is 0. The summed E-state index contributed by atoms with van der Waals surface area (Å²) >= 11 is 6.12. The van der Waals surface area contributed by atoms with Gasteiger partial charge in [0.1, 0.15) is 0 Å². The van der Waals surface area contributed by atoms with Crippen LogP contribution in [0.1, 0.15) is 37.7 Å². The average Bonchev–Trinajstić information content (AvgIpc) is 2.42. The first-order chi connectivity index (χ1) is 8.76. The third kappa shape index (κ3) is 3.47. The molecule has 1 fully saturated rings. The minimum atomic E-state index is 0.0967. The first kappa shape index (κ1) is 13.9. The quantitative estimate of drug-likeness (QED) is 0.857. The van der Waals surface area contributed by atoms with E-state index in [9.17, 15) is 5.11 Å². The molecule has 0 spiro atoms. The molecule has 0 radical (unpaired) electrons. The maximum atomic E-state index is 9.63. The first-order valence-electron chi connectivity index (χ1n) is 6.81. The van der Waals surface area contributed by atoms with E-state index in [2.05, 4.69) is 5.32 Å². The van der Waals surface area contributed by atoms with Crippen molar-refractivity contribution in [3.05, 3.63) is 34.9 Å². The van der Waals surface area contributed by atoms with Crippen LogP contribution >= 0.6 is 11.6 Å². The van der Waals surface area contributed by atoms with Gasteiger partial charge in [0.15, 0.2) is 0 Å². The predicted octanol–water partition coefficient (Wildman–Crippen LogP) is 3.37. The molecule has 0 saturated heterocycles. The normalized spacial score (nSPS) is 18.8. The third-order valence-corrected chi connectivity index (χ3v) is 4.39. The topological polar surface area (TPSA) is 32.3 Å². The predicted molar refractivity (Wildman–Crippen MR) is 75.8 cm³/mol. The van der Waals surface area contributed by atoms with E-state index in [0.29, 0.717) is 6.61 Å². The molecule has 0 heterocycles. The van der Waals surface area contributed by atoms with Crippen molar-refractivity contribution in [3.8, 4) is 0 Å². The fraction of sp³-hybridized carbons (Fsp3) is 0.600. The second-order valence-electron chi connectivity index (χ2n) is 5.41. The molecule has 100 valence electrons. The maximum Gasteiger partial charge on any atom is 0.0499 e. The van der Waals surface area contributed by atoms with Gasteiger partial charge in [0.2, 0.25) is 0 Å². The van der Waals surface area contributed by atoms with Crippen molar-refractivity contribution in [1.29, 1.82) is 0 Å². The van der Waals surface area contributed by atoms with E-state index in [4.69, 9.17) is 11.6 Å². The van der Waals surface area contributed by atoms with Gasteiger partial charge in [0.05, 0.1) is 0 Å². The second-order valence-corrected chi connectivity index (χ2v) is 5.82. The van der Waals surface area contributed by atoms with Gasteiger partial charge in [-0.2, -0.15) is 0 Å². The van der Waals surface area contributed by atoms with E-state index < -0.39 is 0 Å². The Morgan fingerprint density at radius 2 is 1.89 bits per heavy atom. The van der Waals surface area contributed by atoms with Crippen molar-refractivity contribution < 1.29 is 5.11 Å². The molecular weight excluding hydrogens is 246 g/mol. The molecule has 0 aliphatic heterocycles. The molecule has 1 aromatic carbocycles. The highest BCUT2D eigenvalue weighted by Gasteiger charge is 2.30. The van der Waals surface area contributed by atoms with Crippen molar-refractivity contribution in [2.45, 2.75) is 38.6 Å². The second kappa shape index (κ2) is 6.55. The number of hydrogen-bond donors (Lipinski definition) is 2. The number of nitrogens with one attached hydrogen (secondary N) is 1. The van der Waals surface area contributed by atoms with E-state index >= 15 is 0 Å². The van der Waals surface area contributed by atoms with Crippen LogP contribution in [0, 0.1) is 5.41 Å². The molecule has 1 saturated carbocycles. The van der Waals surface area contributed by atoms with Gasteiger partial charge in [0, 0.05) is 30.1 Å². The fourth-order valence-corrected chi connectivity index (χ4v) is 3.00. The number of rotatable bonds is 5. The zero-order valence-corrected chi connectivity index (χ0v) is 11.5. The Labute approximate surface area is 114 Å². The smallest absolute Gasteiger partial charge is 0.0499 e. The third-order valence-electron chi connectivity index (χ3n) is 4.02. The number of hydrogen-bond acceptors (Lipinski definition) is 2. The summed E-state index contributed by atoms with van der Waals surface area (Å²) in [5, 5.41) is 13.9. The fourth-order valence-electron chi connectivity index (χ4n) is 2.80. The molecule has 2 rings (SSSR count). The summed E-state index contributed by atoms with van der Waals surface area (Å²) in [5.74, 6) is 0. The highest BCUT2D eigenvalue weighted by molar-refractivity contribution is 6.31. The lowest BCUT2D eigenvalue weighted by molar-refractivity contribution is 0.0810. The van der Waals surface area contributed by atoms with Crippen LogP contribution in [0.4, 0.5) is 0 Å². The first-order valence-corrected chi connectivity index (χ1v) is 7.19. The lowest BCUT2D eigenvalue weighted by Gasteiger charge is -2.35. The number of aliphatic hydroxyl groups excluding tert-OH is 1. The molecule has 18 heavy (non-hydrogen) atoms. The van der Waals surface area contributed by atoms with Gasteiger partial charge in [0.25, 0.3) is 0 Å². The zero-order valence-electron chi connectivity index (χ0n) is 10.8. The van der Waals surface area contributed by atoms with E-state index in [-0.39, 0.29) is 5.41 Å². The van der Waals surface area contributed by atoms with Crippen LogP contribution in [0.25, 0.3) is 0 Å². The van der Waals surface area contributed by atoms with Crippen molar-refractivity contribution in [2.75, 3.05) is 13.2 Å². The van der Waals surface area contributed by atoms with Crippen molar-refractivity contribution in [2.24, 2.45) is 5.41 Å². The van der Waals surface area contributed by atoms with Gasteiger partial charge >= 0.3 is 0 Å². The van der Waals surface area contributed by atoms with Crippen molar-refractivity contribution >= 4 is 11.6 Å². The van der Waals surface area contributed by atoms with Crippen LogP contribution in [0.15, 0.2) is 24.3 Å². The summed E-state index contributed by atoms with van der Waals surface area (Å²) in [6, 6.07) is 7.91. The van der Waals surface area contributed by atoms with Gasteiger partial charge in [-0.15, -0.1) is 0 Å². The zero-order chi connectivity index (χ0) is 12.8. The van der Waals surface area contributed by atoms with Crippen molar-refractivity contribution in [1.82, 2.24) is 5.32 Å². The molecule has 1 aromatic rings. The van der Waals surface area contributed by atoms with Crippen LogP contribution in [0.3, 0.4) is 0 Å². The minimum absolute atomic E-state index is 0.0967. The Balaban J connectivity index is 1.85.